The summed E-state index contributed by atoms with van der Waals surface area (Å²) in [6.45, 7) is 7.11. The van der Waals surface area contributed by atoms with Crippen molar-refractivity contribution in [1.82, 2.24) is 4.90 Å². The Morgan fingerprint density at radius 1 is 0.596 bits per heavy atom. The largest absolute Gasteiger partial charge is 0.472 e. The number of hydrogen-bond acceptors (Lipinski definition) is 8. The quantitative estimate of drug-likeness (QED) is 0.0282. The lowest BCUT2D eigenvalue weighted by atomic mass is 10.0. The number of rotatable bonds is 40. The van der Waals surface area contributed by atoms with Gasteiger partial charge >= 0.3 is 19.8 Å². The van der Waals surface area contributed by atoms with Gasteiger partial charge in [-0.2, -0.15) is 0 Å². The number of phosphoric ester groups is 1. The maximum Gasteiger partial charge on any atom is 0.472 e. The molecule has 0 fully saturated rings. The third-order valence-electron chi connectivity index (χ3n) is 9.55. The second kappa shape index (κ2) is 38.0. The van der Waals surface area contributed by atoms with E-state index in [1.807, 2.05) is 18.9 Å². The van der Waals surface area contributed by atoms with Crippen LogP contribution in [-0.2, 0) is 32.7 Å². The lowest BCUT2D eigenvalue weighted by Crippen LogP contribution is -2.29. The average molecular weight is 760 g/mol. The fraction of sp³-hybridized carbons (Fsp3) is 0.905. The highest BCUT2D eigenvalue weighted by Gasteiger charge is 2.26. The van der Waals surface area contributed by atoms with Gasteiger partial charge in [-0.15, -0.1) is 0 Å². The molecule has 0 radical (unpaired) electrons. The van der Waals surface area contributed by atoms with Gasteiger partial charge in [-0.1, -0.05) is 161 Å². The number of likely N-dealkylation sites (N-methyl/N-ethyl adjacent to an activating group) is 1. The Morgan fingerprint density at radius 2 is 1.02 bits per heavy atom. The number of nitrogens with zero attached hydrogens (tertiary/aromatic N) is 1. The second-order valence-corrected chi connectivity index (χ2v) is 16.1. The van der Waals surface area contributed by atoms with Gasteiger partial charge in [-0.05, 0) is 52.1 Å². The van der Waals surface area contributed by atoms with Gasteiger partial charge < -0.3 is 19.3 Å². The van der Waals surface area contributed by atoms with Crippen LogP contribution in [0.5, 0.6) is 0 Å². The minimum Gasteiger partial charge on any atom is -0.462 e. The summed E-state index contributed by atoms with van der Waals surface area (Å²) in [5.41, 5.74) is 0. The molecule has 308 valence electrons. The van der Waals surface area contributed by atoms with Crippen molar-refractivity contribution in [1.29, 1.82) is 0 Å². The maximum atomic E-state index is 12.6. The second-order valence-electron chi connectivity index (χ2n) is 14.6. The average Bonchev–Trinajstić information content (AvgIpc) is 3.12. The number of esters is 2. The third-order valence-corrected chi connectivity index (χ3v) is 10.5. The van der Waals surface area contributed by atoms with Crippen LogP contribution in [0.2, 0.25) is 0 Å². The van der Waals surface area contributed by atoms with Gasteiger partial charge in [0.2, 0.25) is 0 Å². The predicted octanol–water partition coefficient (Wildman–Crippen LogP) is 12.0. The van der Waals surface area contributed by atoms with E-state index >= 15 is 0 Å². The molecule has 0 saturated heterocycles. The van der Waals surface area contributed by atoms with E-state index in [9.17, 15) is 19.0 Å². The van der Waals surface area contributed by atoms with Crippen LogP contribution in [0.4, 0.5) is 0 Å². The molecule has 0 spiro atoms. The molecule has 52 heavy (non-hydrogen) atoms. The number of unbranched alkanes of at least 4 members (excludes halogenated alkanes) is 23. The summed E-state index contributed by atoms with van der Waals surface area (Å²) < 4.78 is 33.6. The summed E-state index contributed by atoms with van der Waals surface area (Å²) in [5, 5.41) is 0. The van der Waals surface area contributed by atoms with Crippen molar-refractivity contribution in [3.05, 3.63) is 12.2 Å². The number of phosphoric acid groups is 1. The van der Waals surface area contributed by atoms with Crippen LogP contribution in [0.15, 0.2) is 12.2 Å². The number of carbonyl (C=O) groups is 2. The summed E-state index contributed by atoms with van der Waals surface area (Å²) in [7, 11) is -2.49. The van der Waals surface area contributed by atoms with Crippen molar-refractivity contribution in [3.8, 4) is 0 Å². The molecule has 0 aromatic heterocycles. The Hall–Kier alpha value is -1.25. The normalized spacial score (nSPS) is 13.5. The lowest BCUT2D eigenvalue weighted by Gasteiger charge is -2.20. The van der Waals surface area contributed by atoms with Crippen molar-refractivity contribution in [2.24, 2.45) is 0 Å². The predicted molar refractivity (Wildman–Crippen MR) is 216 cm³/mol. The molecule has 10 heteroatoms. The molecular weight excluding hydrogens is 677 g/mol. The van der Waals surface area contributed by atoms with Crippen LogP contribution in [0.3, 0.4) is 0 Å². The molecule has 0 amide bonds. The molecule has 0 bridgehead atoms. The van der Waals surface area contributed by atoms with Gasteiger partial charge in [0, 0.05) is 19.4 Å². The van der Waals surface area contributed by atoms with Crippen LogP contribution in [0.1, 0.15) is 201 Å². The van der Waals surface area contributed by atoms with Crippen LogP contribution in [0, 0.1) is 0 Å². The Kier molecular flexibility index (Phi) is 37.1. The molecule has 1 N–H and O–H groups in total. The molecule has 0 saturated carbocycles. The maximum absolute atomic E-state index is 12.6. The smallest absolute Gasteiger partial charge is 0.462 e. The minimum absolute atomic E-state index is 0.0200. The molecule has 2 atom stereocenters. The number of allylic oxidation sites excluding steroid dienone is 2. The molecule has 0 rings (SSSR count). The van der Waals surface area contributed by atoms with E-state index in [2.05, 4.69) is 26.0 Å². The lowest BCUT2D eigenvalue weighted by molar-refractivity contribution is -0.161. The fourth-order valence-electron chi connectivity index (χ4n) is 5.93. The van der Waals surface area contributed by atoms with Crippen LogP contribution < -0.4 is 0 Å². The van der Waals surface area contributed by atoms with Crippen LogP contribution >= 0.6 is 7.82 Å². The van der Waals surface area contributed by atoms with Crippen LogP contribution in [-0.4, -0.2) is 67.8 Å². The van der Waals surface area contributed by atoms with E-state index in [0.29, 0.717) is 19.4 Å². The van der Waals surface area contributed by atoms with E-state index in [4.69, 9.17) is 18.5 Å². The molecule has 2 unspecified atom stereocenters. The summed E-state index contributed by atoms with van der Waals surface area (Å²) in [6.07, 6.45) is 35.3. The first-order valence-corrected chi connectivity index (χ1v) is 23.0. The van der Waals surface area contributed by atoms with E-state index in [-0.39, 0.29) is 25.6 Å². The van der Waals surface area contributed by atoms with E-state index in [1.54, 1.807) is 0 Å². The minimum atomic E-state index is -4.36. The third kappa shape index (κ3) is 37.1. The van der Waals surface area contributed by atoms with Crippen molar-refractivity contribution < 1.29 is 37.6 Å². The highest BCUT2D eigenvalue weighted by molar-refractivity contribution is 7.47. The Labute approximate surface area is 320 Å². The Balaban J connectivity index is 4.36. The number of hydrogen-bond donors (Lipinski definition) is 1. The monoisotopic (exact) mass is 760 g/mol. The van der Waals surface area contributed by atoms with E-state index in [1.165, 1.54) is 109 Å². The Bertz CT molecular complexity index is 886. The van der Waals surface area contributed by atoms with Crippen molar-refractivity contribution >= 4 is 19.8 Å². The number of ether oxygens (including phenoxy) is 2. The summed E-state index contributed by atoms with van der Waals surface area (Å²) in [6, 6.07) is 0. The highest BCUT2D eigenvalue weighted by atomic mass is 31.2. The molecule has 0 aliphatic rings. The summed E-state index contributed by atoms with van der Waals surface area (Å²) in [5.74, 6) is -0.801. The molecule has 0 heterocycles. The SMILES string of the molecule is CCCCCCCCC=CCCCCCCCC(=O)OC(COC(=O)CCCCCCCCCCCCCCC)COP(=O)(O)OCCN(C)CC. The Morgan fingerprint density at radius 3 is 1.48 bits per heavy atom. The summed E-state index contributed by atoms with van der Waals surface area (Å²) >= 11 is 0. The first-order valence-electron chi connectivity index (χ1n) is 21.5. The molecular formula is C42H82NO8P. The van der Waals surface area contributed by atoms with Gasteiger partial charge in [0.05, 0.1) is 13.2 Å². The first kappa shape index (κ1) is 50.8. The zero-order valence-electron chi connectivity index (χ0n) is 34.3. The molecule has 0 aliphatic carbocycles. The van der Waals surface area contributed by atoms with Crippen molar-refractivity contribution in [3.63, 3.8) is 0 Å². The topological polar surface area (TPSA) is 112 Å². The van der Waals surface area contributed by atoms with Crippen molar-refractivity contribution in [2.45, 2.75) is 207 Å². The van der Waals surface area contributed by atoms with Gasteiger partial charge in [-0.25, -0.2) is 4.57 Å². The van der Waals surface area contributed by atoms with E-state index < -0.39 is 26.5 Å². The molecule has 0 aromatic carbocycles. The molecule has 9 nitrogen and oxygen atoms in total. The van der Waals surface area contributed by atoms with Gasteiger partial charge in [0.1, 0.15) is 6.61 Å². The van der Waals surface area contributed by atoms with Crippen molar-refractivity contribution in [2.75, 3.05) is 40.0 Å². The molecule has 0 aromatic rings. The van der Waals surface area contributed by atoms with E-state index in [0.717, 1.165) is 57.9 Å². The zero-order chi connectivity index (χ0) is 38.4. The number of carbonyl (C=O) groups excluding carboxylic acids is 2. The highest BCUT2D eigenvalue weighted by Crippen LogP contribution is 2.43. The molecule has 0 aliphatic heterocycles. The standard InChI is InChI=1S/C42H82NO8P/c1-5-8-10-12-14-16-18-20-21-23-25-27-29-31-33-35-42(45)51-40(39-50-52(46,47)49-37-36-43(4)7-3)38-48-41(44)34-32-30-28-26-24-22-19-17-15-13-11-9-6-2/h20-21,40H,5-19,22-39H2,1-4H3,(H,46,47). The van der Waals surface area contributed by atoms with Gasteiger partial charge in [-0.3, -0.25) is 18.6 Å². The first-order chi connectivity index (χ1) is 25.2. The zero-order valence-corrected chi connectivity index (χ0v) is 35.2. The van der Waals surface area contributed by atoms with Gasteiger partial charge in [0.15, 0.2) is 6.10 Å². The summed E-state index contributed by atoms with van der Waals surface area (Å²) in [4.78, 5) is 37.2. The van der Waals surface area contributed by atoms with Crippen LogP contribution in [0.25, 0.3) is 0 Å². The van der Waals surface area contributed by atoms with Gasteiger partial charge in [0.25, 0.3) is 0 Å². The fourth-order valence-corrected chi connectivity index (χ4v) is 6.67.